The van der Waals surface area contributed by atoms with Crippen molar-refractivity contribution in [3.05, 3.63) is 18.1 Å². The van der Waals surface area contributed by atoms with Crippen LogP contribution in [0.25, 0.3) is 0 Å². The maximum absolute atomic E-state index is 9.76. The van der Waals surface area contributed by atoms with Crippen molar-refractivity contribution in [1.29, 1.82) is 0 Å². The van der Waals surface area contributed by atoms with Gasteiger partial charge in [-0.15, -0.1) is 0 Å². The fraction of sp³-hybridized carbons (Fsp3) is 0.600. The first-order valence-corrected chi connectivity index (χ1v) is 4.79. The summed E-state index contributed by atoms with van der Waals surface area (Å²) in [4.78, 5) is 8.23. The normalized spacial score (nSPS) is 14.9. The van der Waals surface area contributed by atoms with Crippen LogP contribution in [-0.4, -0.2) is 27.2 Å². The number of anilines is 1. The Morgan fingerprint density at radius 1 is 1.43 bits per heavy atom. The number of aromatic nitrogens is 2. The van der Waals surface area contributed by atoms with Crippen LogP contribution >= 0.6 is 0 Å². The number of nitrogens with zero attached hydrogens (tertiary/aromatic N) is 2. The molecule has 0 bridgehead atoms. The van der Waals surface area contributed by atoms with E-state index in [-0.39, 0.29) is 0 Å². The lowest BCUT2D eigenvalue weighted by Crippen LogP contribution is -2.32. The average Bonchev–Trinajstić information content (AvgIpc) is 2.17. The third-order valence-corrected chi connectivity index (χ3v) is 2.28. The highest BCUT2D eigenvalue weighted by Crippen LogP contribution is 2.11. The number of hydrogen-bond donors (Lipinski definition) is 2. The molecule has 4 nitrogen and oxygen atoms in total. The molecule has 0 radical (unpaired) electrons. The van der Waals surface area contributed by atoms with Crippen LogP contribution in [0.3, 0.4) is 0 Å². The number of aryl methyl sites for hydroxylation is 1. The van der Waals surface area contributed by atoms with Gasteiger partial charge in [-0.25, -0.2) is 4.98 Å². The molecule has 1 rings (SSSR count). The highest BCUT2D eigenvalue weighted by molar-refractivity contribution is 5.38. The van der Waals surface area contributed by atoms with E-state index in [0.29, 0.717) is 13.0 Å². The summed E-state index contributed by atoms with van der Waals surface area (Å²) in [7, 11) is 0. The summed E-state index contributed by atoms with van der Waals surface area (Å²) in [6.45, 7) is 6.12. The summed E-state index contributed by atoms with van der Waals surface area (Å²) in [5.74, 6) is 0.737. The van der Waals surface area contributed by atoms with E-state index in [2.05, 4.69) is 15.3 Å². The lowest BCUT2D eigenvalue weighted by Gasteiger charge is -2.22. The van der Waals surface area contributed by atoms with Crippen molar-refractivity contribution < 1.29 is 5.11 Å². The molecule has 0 aliphatic heterocycles. The quantitative estimate of drug-likeness (QED) is 0.761. The van der Waals surface area contributed by atoms with Gasteiger partial charge in [0.05, 0.1) is 11.3 Å². The molecule has 0 saturated carbocycles. The lowest BCUT2D eigenvalue weighted by molar-refractivity contribution is 0.0696. The molecule has 0 aromatic carbocycles. The fourth-order valence-electron chi connectivity index (χ4n) is 0.980. The Balaban J connectivity index is 2.58. The summed E-state index contributed by atoms with van der Waals surface area (Å²) in [6, 6.07) is 0. The van der Waals surface area contributed by atoms with Crippen molar-refractivity contribution in [2.45, 2.75) is 32.8 Å². The summed E-state index contributed by atoms with van der Waals surface area (Å²) in [5, 5.41) is 12.8. The van der Waals surface area contributed by atoms with Gasteiger partial charge < -0.3 is 10.4 Å². The van der Waals surface area contributed by atoms with E-state index < -0.39 is 5.60 Å². The molecule has 78 valence electrons. The van der Waals surface area contributed by atoms with E-state index in [1.54, 1.807) is 19.3 Å². The highest BCUT2D eigenvalue weighted by atomic mass is 16.3. The molecule has 2 N–H and O–H groups in total. The molecule has 1 aromatic rings. The van der Waals surface area contributed by atoms with Crippen molar-refractivity contribution in [3.8, 4) is 0 Å². The highest BCUT2D eigenvalue weighted by Gasteiger charge is 2.17. The maximum atomic E-state index is 9.76. The topological polar surface area (TPSA) is 58.0 Å². The van der Waals surface area contributed by atoms with Crippen LogP contribution in [0.1, 0.15) is 26.0 Å². The molecule has 0 aliphatic carbocycles. The first kappa shape index (κ1) is 10.9. The number of nitrogens with one attached hydrogen (secondary N) is 1. The van der Waals surface area contributed by atoms with Crippen LogP contribution in [-0.2, 0) is 0 Å². The Labute approximate surface area is 84.4 Å². The molecule has 1 aromatic heterocycles. The smallest absolute Gasteiger partial charge is 0.147 e. The minimum atomic E-state index is -0.691. The Bertz CT molecular complexity index is 299. The Morgan fingerprint density at radius 2 is 2.07 bits per heavy atom. The van der Waals surface area contributed by atoms with Crippen LogP contribution < -0.4 is 5.32 Å². The third-order valence-electron chi connectivity index (χ3n) is 2.28. The van der Waals surface area contributed by atoms with E-state index in [4.69, 9.17) is 0 Å². The molecule has 0 fully saturated rings. The second-order valence-electron chi connectivity index (χ2n) is 3.69. The van der Waals surface area contributed by atoms with Gasteiger partial charge >= 0.3 is 0 Å². The van der Waals surface area contributed by atoms with E-state index in [9.17, 15) is 5.11 Å². The van der Waals surface area contributed by atoms with Crippen LogP contribution in [0.4, 0.5) is 5.82 Å². The number of rotatable bonds is 4. The summed E-state index contributed by atoms with van der Waals surface area (Å²) in [6.07, 6.45) is 3.99. The van der Waals surface area contributed by atoms with Crippen molar-refractivity contribution in [2.75, 3.05) is 11.9 Å². The summed E-state index contributed by atoms with van der Waals surface area (Å²) < 4.78 is 0. The SMILES string of the molecule is CCC(C)(O)CNc1nccnc1C. The van der Waals surface area contributed by atoms with Crippen LogP contribution in [0.2, 0.25) is 0 Å². The van der Waals surface area contributed by atoms with Crippen LogP contribution in [0.15, 0.2) is 12.4 Å². The zero-order chi connectivity index (χ0) is 10.6. The van der Waals surface area contributed by atoms with Crippen molar-refractivity contribution >= 4 is 5.82 Å². The largest absolute Gasteiger partial charge is 0.388 e. The summed E-state index contributed by atoms with van der Waals surface area (Å²) >= 11 is 0. The predicted molar refractivity (Wildman–Crippen MR) is 56.2 cm³/mol. The average molecular weight is 195 g/mol. The van der Waals surface area contributed by atoms with Crippen molar-refractivity contribution in [3.63, 3.8) is 0 Å². The minimum absolute atomic E-state index is 0.489. The molecular weight excluding hydrogens is 178 g/mol. The Hall–Kier alpha value is -1.16. The molecule has 0 saturated heterocycles. The van der Waals surface area contributed by atoms with Gasteiger partial charge in [0.1, 0.15) is 5.82 Å². The maximum Gasteiger partial charge on any atom is 0.147 e. The van der Waals surface area contributed by atoms with Gasteiger partial charge in [-0.05, 0) is 20.3 Å². The van der Waals surface area contributed by atoms with Gasteiger partial charge in [-0.2, -0.15) is 0 Å². The van der Waals surface area contributed by atoms with Gasteiger partial charge in [0.15, 0.2) is 0 Å². The first-order chi connectivity index (χ1) is 6.55. The van der Waals surface area contributed by atoms with E-state index in [1.807, 2.05) is 13.8 Å². The Morgan fingerprint density at radius 3 is 2.64 bits per heavy atom. The zero-order valence-corrected chi connectivity index (χ0v) is 8.91. The molecule has 14 heavy (non-hydrogen) atoms. The fourth-order valence-corrected chi connectivity index (χ4v) is 0.980. The van der Waals surface area contributed by atoms with Gasteiger partial charge in [0.2, 0.25) is 0 Å². The Kier molecular flexibility index (Phi) is 3.41. The van der Waals surface area contributed by atoms with Crippen molar-refractivity contribution in [2.24, 2.45) is 0 Å². The molecule has 4 heteroatoms. The van der Waals surface area contributed by atoms with Gasteiger partial charge in [-0.3, -0.25) is 4.98 Å². The monoisotopic (exact) mass is 195 g/mol. The minimum Gasteiger partial charge on any atom is -0.388 e. The summed E-state index contributed by atoms with van der Waals surface area (Å²) in [5.41, 5.74) is 0.156. The molecule has 1 heterocycles. The van der Waals surface area contributed by atoms with E-state index in [1.165, 1.54) is 0 Å². The van der Waals surface area contributed by atoms with Crippen LogP contribution in [0.5, 0.6) is 0 Å². The molecule has 1 atom stereocenters. The second kappa shape index (κ2) is 4.37. The zero-order valence-electron chi connectivity index (χ0n) is 8.91. The van der Waals surface area contributed by atoms with Gasteiger partial charge in [-0.1, -0.05) is 6.92 Å². The molecular formula is C10H17N3O. The van der Waals surface area contributed by atoms with Gasteiger partial charge in [0.25, 0.3) is 0 Å². The number of aliphatic hydroxyl groups is 1. The van der Waals surface area contributed by atoms with E-state index in [0.717, 1.165) is 11.5 Å². The lowest BCUT2D eigenvalue weighted by atomic mass is 10.0. The van der Waals surface area contributed by atoms with E-state index >= 15 is 0 Å². The first-order valence-electron chi connectivity index (χ1n) is 4.79. The predicted octanol–water partition coefficient (Wildman–Crippen LogP) is 1.36. The van der Waals surface area contributed by atoms with Gasteiger partial charge in [0, 0.05) is 18.9 Å². The molecule has 0 spiro atoms. The van der Waals surface area contributed by atoms with Crippen molar-refractivity contribution in [1.82, 2.24) is 9.97 Å². The van der Waals surface area contributed by atoms with Crippen LogP contribution in [0, 0.1) is 6.92 Å². The molecule has 0 aliphatic rings. The third kappa shape index (κ3) is 2.96. The second-order valence-corrected chi connectivity index (χ2v) is 3.69. The standard InChI is InChI=1S/C10H17N3O/c1-4-10(3,14)7-13-9-8(2)11-5-6-12-9/h5-6,14H,4,7H2,1-3H3,(H,12,13). The molecule has 0 amide bonds. The number of hydrogen-bond acceptors (Lipinski definition) is 4. The molecule has 1 unspecified atom stereocenters.